The van der Waals surface area contributed by atoms with Crippen LogP contribution in [0, 0.1) is 0 Å². The number of carbonyl (C=O) groups excluding carboxylic acids is 1. The Hall–Kier alpha value is -2.15. The molecule has 1 unspecified atom stereocenters. The molecule has 5 rings (SSSR count). The van der Waals surface area contributed by atoms with Crippen LogP contribution in [0.25, 0.3) is 6.08 Å². The van der Waals surface area contributed by atoms with E-state index in [-0.39, 0.29) is 5.91 Å². The first-order chi connectivity index (χ1) is 20.2. The lowest BCUT2D eigenvalue weighted by Gasteiger charge is -2.41. The molecule has 0 bridgehead atoms. The number of carbonyl (C=O) groups is 1. The topological polar surface area (TPSA) is 49.4 Å². The Bertz CT molecular complexity index is 1500. The largest absolute Gasteiger partial charge is 0.359 e. The molecule has 4 nitrogen and oxygen atoms in total. The zero-order chi connectivity index (χ0) is 29.9. The van der Waals surface area contributed by atoms with Gasteiger partial charge in [0.1, 0.15) is 4.87 Å². The molecule has 2 aliphatic rings. The average Bonchev–Trinajstić information content (AvgIpc) is 3.00. The maximum Gasteiger partial charge on any atom is 0.229 e. The number of nitrogens with zero attached hydrogens (tertiary/aromatic N) is 1. The van der Waals surface area contributed by atoms with Gasteiger partial charge in [-0.2, -0.15) is 0 Å². The van der Waals surface area contributed by atoms with Crippen LogP contribution in [0.3, 0.4) is 0 Å². The molecule has 1 heterocycles. The first kappa shape index (κ1) is 31.3. The number of hydrogen-bond donors (Lipinski definition) is 1. The third-order valence-corrected chi connectivity index (χ3v) is 11.2. The highest BCUT2D eigenvalue weighted by atomic mass is 35.5. The fourth-order valence-electron chi connectivity index (χ4n) is 6.59. The quantitative estimate of drug-likeness (QED) is 0.189. The summed E-state index contributed by atoms with van der Waals surface area (Å²) in [5, 5.41) is 3.72. The second-order valence-electron chi connectivity index (χ2n) is 11.3. The molecule has 1 amide bonds. The summed E-state index contributed by atoms with van der Waals surface area (Å²) in [7, 11) is 0.680. The van der Waals surface area contributed by atoms with E-state index >= 15 is 0 Å². The van der Waals surface area contributed by atoms with Crippen LogP contribution in [0.4, 0.5) is 0 Å². The number of hydrogen-bond acceptors (Lipinski definition) is 3. The van der Waals surface area contributed by atoms with Crippen molar-refractivity contribution in [1.29, 1.82) is 0 Å². The number of likely N-dealkylation sites (N-methyl/N-ethyl adjacent to an activating group) is 1. The van der Waals surface area contributed by atoms with Crippen molar-refractivity contribution >= 4 is 57.6 Å². The summed E-state index contributed by atoms with van der Waals surface area (Å²) in [5.74, 6) is -0.291. The van der Waals surface area contributed by atoms with Gasteiger partial charge >= 0.3 is 0 Å². The molecule has 1 aliphatic carbocycles. The minimum absolute atomic E-state index is 0.134. The van der Waals surface area contributed by atoms with Crippen LogP contribution in [0.15, 0.2) is 77.2 Å². The highest BCUT2D eigenvalue weighted by molar-refractivity contribution is 7.84. The number of amides is 1. The molecule has 0 radical (unpaired) electrons. The van der Waals surface area contributed by atoms with Crippen LogP contribution >= 0.6 is 34.8 Å². The Morgan fingerprint density at radius 3 is 2.36 bits per heavy atom. The summed E-state index contributed by atoms with van der Waals surface area (Å²) in [5.41, 5.74) is 4.95. The number of unbranched alkanes of at least 4 members (excludes halogenated alkanes) is 1. The van der Waals surface area contributed by atoms with Crippen molar-refractivity contribution < 1.29 is 9.00 Å². The first-order valence-electron chi connectivity index (χ1n) is 14.5. The van der Waals surface area contributed by atoms with Crippen molar-refractivity contribution in [2.45, 2.75) is 53.7 Å². The molecule has 8 heteroatoms. The normalized spacial score (nSPS) is 21.8. The molecule has 1 fully saturated rings. The molecule has 0 aromatic heterocycles. The van der Waals surface area contributed by atoms with Gasteiger partial charge in [0, 0.05) is 18.2 Å². The summed E-state index contributed by atoms with van der Waals surface area (Å²) in [6.07, 6.45) is 8.81. The second-order valence-corrected chi connectivity index (χ2v) is 14.0. The van der Waals surface area contributed by atoms with E-state index in [4.69, 9.17) is 34.8 Å². The molecule has 1 saturated heterocycles. The summed E-state index contributed by atoms with van der Waals surface area (Å²) >= 11 is 20.4. The van der Waals surface area contributed by atoms with E-state index in [1.165, 1.54) is 5.56 Å². The van der Waals surface area contributed by atoms with E-state index in [0.717, 1.165) is 78.9 Å². The number of allylic oxidation sites excluding steroid dienone is 1. The maximum atomic E-state index is 13.4. The Labute approximate surface area is 266 Å². The Kier molecular flexibility index (Phi) is 10.2. The molecule has 1 N–H and O–H groups in total. The minimum atomic E-state index is -1.09. The molecule has 0 spiro atoms. The van der Waals surface area contributed by atoms with E-state index < -0.39 is 21.6 Å². The van der Waals surface area contributed by atoms with Crippen LogP contribution in [0.2, 0.25) is 10.0 Å². The monoisotopic (exact) mass is 642 g/mol. The number of likely N-dealkylation sites (tertiary alicyclic amines) is 1. The van der Waals surface area contributed by atoms with Crippen LogP contribution in [-0.4, -0.2) is 48.0 Å². The van der Waals surface area contributed by atoms with Gasteiger partial charge in [-0.3, -0.25) is 9.00 Å². The summed E-state index contributed by atoms with van der Waals surface area (Å²) in [6.45, 7) is 3.08. The molecule has 1 aliphatic heterocycles. The Morgan fingerprint density at radius 1 is 0.976 bits per heavy atom. The van der Waals surface area contributed by atoms with Gasteiger partial charge in [-0.1, -0.05) is 77.8 Å². The predicted octanol–water partition coefficient (Wildman–Crippen LogP) is 8.14. The van der Waals surface area contributed by atoms with Gasteiger partial charge in [0.05, 0.1) is 26.8 Å². The van der Waals surface area contributed by atoms with Crippen LogP contribution < -0.4 is 5.32 Å². The van der Waals surface area contributed by atoms with E-state index in [1.54, 1.807) is 25.4 Å². The van der Waals surface area contributed by atoms with Gasteiger partial charge in [-0.25, -0.2) is 0 Å². The van der Waals surface area contributed by atoms with Gasteiger partial charge in [0.15, 0.2) is 0 Å². The van der Waals surface area contributed by atoms with Crippen molar-refractivity contribution in [2.75, 3.05) is 32.9 Å². The number of nitrogens with one attached hydrogen (secondary N) is 1. The van der Waals surface area contributed by atoms with Crippen LogP contribution in [0.5, 0.6) is 0 Å². The average molecular weight is 644 g/mol. The number of halogens is 3. The highest BCUT2D eigenvalue weighted by Crippen LogP contribution is 2.54. The number of rotatable bonds is 9. The van der Waals surface area contributed by atoms with Crippen molar-refractivity contribution in [1.82, 2.24) is 10.2 Å². The molecule has 3 aromatic rings. The zero-order valence-electron chi connectivity index (χ0n) is 24.0. The molecule has 0 saturated carbocycles. The van der Waals surface area contributed by atoms with E-state index in [0.29, 0.717) is 16.0 Å². The number of piperidine rings is 1. The van der Waals surface area contributed by atoms with Crippen molar-refractivity contribution in [3.8, 4) is 0 Å². The van der Waals surface area contributed by atoms with Gasteiger partial charge < -0.3 is 10.2 Å². The molecular formula is C34H37Cl3N2O2S. The van der Waals surface area contributed by atoms with Crippen molar-refractivity contribution in [2.24, 2.45) is 0 Å². The number of fused-ring (bicyclic) bond motifs is 1. The highest BCUT2D eigenvalue weighted by Gasteiger charge is 2.49. The SMILES string of the molecule is CNC(=O)[C@@H]1c2ccccc2C=C(CCCCN2CCC(c3ccccc3[S@](C)=O)CC2)C1(Cl)c1ccc(Cl)c(Cl)c1. The van der Waals surface area contributed by atoms with Crippen molar-refractivity contribution in [3.63, 3.8) is 0 Å². The lowest BCUT2D eigenvalue weighted by molar-refractivity contribution is -0.122. The van der Waals surface area contributed by atoms with Crippen LogP contribution in [0.1, 0.15) is 66.2 Å². The molecule has 3 atom stereocenters. The maximum absolute atomic E-state index is 13.4. The Morgan fingerprint density at radius 2 is 1.67 bits per heavy atom. The van der Waals surface area contributed by atoms with Gasteiger partial charge in [0.25, 0.3) is 0 Å². The first-order valence-corrected chi connectivity index (χ1v) is 17.2. The minimum Gasteiger partial charge on any atom is -0.359 e. The zero-order valence-corrected chi connectivity index (χ0v) is 27.1. The van der Waals surface area contributed by atoms with E-state index in [9.17, 15) is 9.00 Å². The predicted molar refractivity (Wildman–Crippen MR) is 176 cm³/mol. The fraction of sp³-hybridized carbons (Fsp3) is 0.382. The summed E-state index contributed by atoms with van der Waals surface area (Å²) < 4.78 is 12.2. The molecule has 3 aromatic carbocycles. The standard InChI is InChI=1S/C34H37Cl3N2O2S/c1-38-33(40)32-28-12-4-3-9-24(28)21-25(34(32,37)26-14-15-29(35)30(36)22-26)10-7-8-18-39-19-16-23(17-20-39)27-11-5-6-13-31(27)42(2)41/h3-6,9,11-15,21-23,32H,7-8,10,16-20H2,1-2H3,(H,38,40)/t32-,34?,42-/m0/s1. The molecule has 42 heavy (non-hydrogen) atoms. The summed E-state index contributed by atoms with van der Waals surface area (Å²) in [6, 6.07) is 21.6. The van der Waals surface area contributed by atoms with E-state index in [1.807, 2.05) is 42.5 Å². The summed E-state index contributed by atoms with van der Waals surface area (Å²) in [4.78, 5) is 15.9. The van der Waals surface area contributed by atoms with Gasteiger partial charge in [-0.15, -0.1) is 11.6 Å². The number of benzene rings is 3. The molecule has 222 valence electrons. The third kappa shape index (κ3) is 6.37. The van der Waals surface area contributed by atoms with Crippen LogP contribution in [-0.2, 0) is 20.5 Å². The Balaban J connectivity index is 1.29. The smallest absolute Gasteiger partial charge is 0.229 e. The van der Waals surface area contributed by atoms with E-state index in [2.05, 4.69) is 28.4 Å². The second kappa shape index (κ2) is 13.7. The van der Waals surface area contributed by atoms with Crippen molar-refractivity contribution in [3.05, 3.63) is 105 Å². The van der Waals surface area contributed by atoms with Gasteiger partial charge in [-0.05, 0) is 104 Å². The number of alkyl halides is 1. The van der Waals surface area contributed by atoms with Gasteiger partial charge in [0.2, 0.25) is 5.91 Å². The lowest BCUT2D eigenvalue weighted by atomic mass is 9.69. The third-order valence-electron chi connectivity index (χ3n) is 8.78. The lowest BCUT2D eigenvalue weighted by Crippen LogP contribution is -2.42. The molecular weight excluding hydrogens is 607 g/mol. The fourth-order valence-corrected chi connectivity index (χ4v) is 8.21.